The van der Waals surface area contributed by atoms with Crippen LogP contribution < -0.4 is 4.90 Å². The minimum absolute atomic E-state index is 0.0323. The standard InChI is InChI=1S/C12H13Cl2NO3S/c1-8(16)15(10-4-5-19(17,18)7-10)12-6-9(13)2-3-11(12)14/h2-3,6,10H,4-5,7H2,1H3. The Morgan fingerprint density at radius 2 is 2.05 bits per heavy atom. The molecule has 0 spiro atoms. The molecule has 1 unspecified atom stereocenters. The lowest BCUT2D eigenvalue weighted by atomic mass is 10.2. The van der Waals surface area contributed by atoms with Crippen molar-refractivity contribution in [1.29, 1.82) is 0 Å². The Balaban J connectivity index is 2.41. The average Bonchev–Trinajstić information content (AvgIpc) is 2.63. The van der Waals surface area contributed by atoms with Crippen molar-refractivity contribution in [1.82, 2.24) is 0 Å². The normalized spacial score (nSPS) is 21.3. The van der Waals surface area contributed by atoms with Gasteiger partial charge in [0, 0.05) is 11.9 Å². The van der Waals surface area contributed by atoms with Crippen LogP contribution in [0.3, 0.4) is 0 Å². The van der Waals surface area contributed by atoms with Crippen molar-refractivity contribution in [3.05, 3.63) is 28.2 Å². The summed E-state index contributed by atoms with van der Waals surface area (Å²) in [5.41, 5.74) is 0.462. The van der Waals surface area contributed by atoms with Gasteiger partial charge in [-0.05, 0) is 24.6 Å². The van der Waals surface area contributed by atoms with Crippen LogP contribution in [0.25, 0.3) is 0 Å². The van der Waals surface area contributed by atoms with Gasteiger partial charge in [0.2, 0.25) is 5.91 Å². The molecular weight excluding hydrogens is 309 g/mol. The number of anilines is 1. The molecule has 0 bridgehead atoms. The number of hydrogen-bond acceptors (Lipinski definition) is 3. The van der Waals surface area contributed by atoms with Crippen molar-refractivity contribution in [3.63, 3.8) is 0 Å². The van der Waals surface area contributed by atoms with Crippen LogP contribution in [-0.4, -0.2) is 31.9 Å². The van der Waals surface area contributed by atoms with Gasteiger partial charge in [0.1, 0.15) is 0 Å². The fourth-order valence-electron chi connectivity index (χ4n) is 2.27. The predicted octanol–water partition coefficient (Wildman–Crippen LogP) is 2.53. The van der Waals surface area contributed by atoms with Crippen LogP contribution in [0.2, 0.25) is 10.0 Å². The van der Waals surface area contributed by atoms with E-state index >= 15 is 0 Å². The monoisotopic (exact) mass is 321 g/mol. The average molecular weight is 322 g/mol. The third-order valence-corrected chi connectivity index (χ3v) is 5.39. The lowest BCUT2D eigenvalue weighted by molar-refractivity contribution is -0.116. The van der Waals surface area contributed by atoms with Crippen LogP contribution in [0, 0.1) is 0 Å². The molecule has 7 heteroatoms. The summed E-state index contributed by atoms with van der Waals surface area (Å²) in [6.07, 6.45) is 0.421. The van der Waals surface area contributed by atoms with Gasteiger partial charge >= 0.3 is 0 Å². The van der Waals surface area contributed by atoms with E-state index in [1.807, 2.05) is 0 Å². The summed E-state index contributed by atoms with van der Waals surface area (Å²) >= 11 is 12.0. The van der Waals surface area contributed by atoms with Gasteiger partial charge in [0.25, 0.3) is 0 Å². The molecule has 0 aliphatic carbocycles. The van der Waals surface area contributed by atoms with E-state index in [-0.39, 0.29) is 23.5 Å². The van der Waals surface area contributed by atoms with Crippen molar-refractivity contribution in [2.75, 3.05) is 16.4 Å². The number of benzene rings is 1. The maximum atomic E-state index is 11.8. The zero-order chi connectivity index (χ0) is 14.2. The topological polar surface area (TPSA) is 54.5 Å². The first-order chi connectivity index (χ1) is 8.80. The first kappa shape index (κ1) is 14.6. The summed E-state index contributed by atoms with van der Waals surface area (Å²) in [6, 6.07) is 4.42. The van der Waals surface area contributed by atoms with E-state index in [2.05, 4.69) is 0 Å². The maximum Gasteiger partial charge on any atom is 0.224 e. The van der Waals surface area contributed by atoms with E-state index in [1.165, 1.54) is 11.8 Å². The van der Waals surface area contributed by atoms with Crippen LogP contribution in [0.1, 0.15) is 13.3 Å². The highest BCUT2D eigenvalue weighted by atomic mass is 35.5. The number of halogens is 2. The van der Waals surface area contributed by atoms with Crippen molar-refractivity contribution >= 4 is 44.6 Å². The van der Waals surface area contributed by atoms with Gasteiger partial charge in [-0.3, -0.25) is 4.79 Å². The van der Waals surface area contributed by atoms with E-state index in [9.17, 15) is 13.2 Å². The Labute approximate surface area is 122 Å². The first-order valence-corrected chi connectivity index (χ1v) is 8.33. The number of carbonyl (C=O) groups is 1. The van der Waals surface area contributed by atoms with Crippen molar-refractivity contribution in [2.45, 2.75) is 19.4 Å². The number of carbonyl (C=O) groups excluding carboxylic acids is 1. The molecule has 1 amide bonds. The third-order valence-electron chi connectivity index (χ3n) is 3.08. The van der Waals surface area contributed by atoms with Gasteiger partial charge in [-0.15, -0.1) is 0 Å². The number of rotatable bonds is 2. The lowest BCUT2D eigenvalue weighted by Crippen LogP contribution is -2.40. The lowest BCUT2D eigenvalue weighted by Gasteiger charge is -2.28. The van der Waals surface area contributed by atoms with E-state index in [4.69, 9.17) is 23.2 Å². The molecule has 1 aromatic carbocycles. The van der Waals surface area contributed by atoms with Crippen molar-refractivity contribution in [3.8, 4) is 0 Å². The second kappa shape index (κ2) is 5.31. The summed E-state index contributed by atoms with van der Waals surface area (Å²) < 4.78 is 23.1. The second-order valence-electron chi connectivity index (χ2n) is 4.54. The van der Waals surface area contributed by atoms with Crippen LogP contribution in [0.5, 0.6) is 0 Å². The summed E-state index contributed by atoms with van der Waals surface area (Å²) in [5.74, 6) is -0.180. The zero-order valence-electron chi connectivity index (χ0n) is 10.3. The minimum Gasteiger partial charge on any atom is -0.307 e. The summed E-state index contributed by atoms with van der Waals surface area (Å²) in [4.78, 5) is 13.3. The molecule has 1 aliphatic rings. The smallest absolute Gasteiger partial charge is 0.224 e. The molecule has 1 atom stereocenters. The molecule has 19 heavy (non-hydrogen) atoms. The van der Waals surface area contributed by atoms with Crippen LogP contribution in [0.15, 0.2) is 18.2 Å². The van der Waals surface area contributed by atoms with Gasteiger partial charge in [0.15, 0.2) is 9.84 Å². The maximum absolute atomic E-state index is 11.8. The summed E-state index contributed by atoms with van der Waals surface area (Å²) in [6.45, 7) is 1.39. The molecule has 1 aromatic rings. The molecule has 0 saturated carbocycles. The van der Waals surface area contributed by atoms with Crippen LogP contribution >= 0.6 is 23.2 Å². The molecule has 1 aliphatic heterocycles. The van der Waals surface area contributed by atoms with Crippen LogP contribution in [-0.2, 0) is 14.6 Å². The third kappa shape index (κ3) is 3.22. The molecule has 2 rings (SSSR count). The highest BCUT2D eigenvalue weighted by Crippen LogP contribution is 2.33. The molecule has 1 heterocycles. The molecule has 0 radical (unpaired) electrons. The second-order valence-corrected chi connectivity index (χ2v) is 7.61. The van der Waals surface area contributed by atoms with Crippen LogP contribution in [0.4, 0.5) is 5.69 Å². The van der Waals surface area contributed by atoms with Gasteiger partial charge in [-0.2, -0.15) is 0 Å². The first-order valence-electron chi connectivity index (χ1n) is 5.75. The minimum atomic E-state index is -3.07. The summed E-state index contributed by atoms with van der Waals surface area (Å²) in [5, 5.41) is 0.829. The van der Waals surface area contributed by atoms with Crippen molar-refractivity contribution in [2.24, 2.45) is 0 Å². The van der Waals surface area contributed by atoms with E-state index in [0.717, 1.165) is 0 Å². The SMILES string of the molecule is CC(=O)N(c1cc(Cl)ccc1Cl)C1CCS(=O)(=O)C1. The Morgan fingerprint density at radius 1 is 1.37 bits per heavy atom. The quantitative estimate of drug-likeness (QED) is 0.841. The van der Waals surface area contributed by atoms with E-state index in [0.29, 0.717) is 22.2 Å². The Morgan fingerprint density at radius 3 is 2.58 bits per heavy atom. The number of nitrogens with zero attached hydrogens (tertiary/aromatic N) is 1. The number of sulfone groups is 1. The molecule has 4 nitrogen and oxygen atoms in total. The highest BCUT2D eigenvalue weighted by Gasteiger charge is 2.35. The molecule has 1 saturated heterocycles. The Bertz CT molecular complexity index is 615. The molecule has 104 valence electrons. The Hall–Kier alpha value is -0.780. The Kier molecular flexibility index (Phi) is 4.08. The van der Waals surface area contributed by atoms with Gasteiger partial charge in [0.05, 0.1) is 28.3 Å². The number of hydrogen-bond donors (Lipinski definition) is 0. The van der Waals surface area contributed by atoms with Gasteiger partial charge in [-0.25, -0.2) is 8.42 Å². The predicted molar refractivity (Wildman–Crippen MR) is 76.7 cm³/mol. The van der Waals surface area contributed by atoms with E-state index < -0.39 is 9.84 Å². The fourth-order valence-corrected chi connectivity index (χ4v) is 4.35. The molecular formula is C12H13Cl2NO3S. The number of amides is 1. The zero-order valence-corrected chi connectivity index (χ0v) is 12.6. The largest absolute Gasteiger partial charge is 0.307 e. The molecule has 0 aromatic heterocycles. The fraction of sp³-hybridized carbons (Fsp3) is 0.417. The summed E-state index contributed by atoms with van der Waals surface area (Å²) in [7, 11) is -3.07. The van der Waals surface area contributed by atoms with Crippen molar-refractivity contribution < 1.29 is 13.2 Å². The molecule has 1 fully saturated rings. The van der Waals surface area contributed by atoms with E-state index in [1.54, 1.807) is 18.2 Å². The van der Waals surface area contributed by atoms with Gasteiger partial charge in [-0.1, -0.05) is 23.2 Å². The highest BCUT2D eigenvalue weighted by molar-refractivity contribution is 7.91. The van der Waals surface area contributed by atoms with Gasteiger partial charge < -0.3 is 4.90 Å². The molecule has 0 N–H and O–H groups in total.